The molecule has 1 fully saturated rings. The van der Waals surface area contributed by atoms with E-state index in [-0.39, 0.29) is 5.91 Å². The molecule has 0 bridgehead atoms. The Bertz CT molecular complexity index is 342. The smallest absolute Gasteiger partial charge is 0.253 e. The minimum Gasteiger partial charge on any atom is -0.335 e. The van der Waals surface area contributed by atoms with Gasteiger partial charge in [0.05, 0.1) is 0 Å². The average molecular weight is 203 g/mol. The molecular weight excluding hydrogens is 188 g/mol. The molecule has 1 aliphatic rings. The lowest BCUT2D eigenvalue weighted by Gasteiger charge is -2.42. The van der Waals surface area contributed by atoms with E-state index >= 15 is 0 Å². The predicted molar refractivity (Wildman–Crippen MR) is 58.7 cm³/mol. The van der Waals surface area contributed by atoms with Crippen molar-refractivity contribution < 1.29 is 4.79 Å². The largest absolute Gasteiger partial charge is 0.335 e. The topological polar surface area (TPSA) is 23.6 Å². The number of rotatable bonds is 2. The lowest BCUT2D eigenvalue weighted by molar-refractivity contribution is 0.0399. The lowest BCUT2D eigenvalue weighted by atomic mass is 10.1. The first-order chi connectivity index (χ1) is 7.18. The predicted octanol–water partition coefficient (Wildman–Crippen LogP) is 0.873. The summed E-state index contributed by atoms with van der Waals surface area (Å²) in [5.74, 6) is 0.127. The van der Waals surface area contributed by atoms with E-state index in [1.165, 1.54) is 0 Å². The number of likely N-dealkylation sites (tertiary alicyclic amines) is 1. The van der Waals surface area contributed by atoms with E-state index in [1.807, 2.05) is 31.1 Å². The molecule has 0 aliphatic carbocycles. The highest BCUT2D eigenvalue weighted by atomic mass is 16.2. The van der Waals surface area contributed by atoms with E-state index in [9.17, 15) is 4.79 Å². The highest BCUT2D eigenvalue weighted by Crippen LogP contribution is 2.15. The number of carbonyl (C=O) groups is 1. The summed E-state index contributed by atoms with van der Waals surface area (Å²) in [4.78, 5) is 15.9. The summed E-state index contributed by atoms with van der Waals surface area (Å²) in [5, 5.41) is 0. The Labute approximate surface area is 90.3 Å². The fourth-order valence-electron chi connectivity index (χ4n) is 1.66. The zero-order valence-corrected chi connectivity index (χ0v) is 9.10. The fraction of sp³-hybridized carbons (Fsp3) is 0.417. The summed E-state index contributed by atoms with van der Waals surface area (Å²) in [6, 6.07) is 10.6. The van der Waals surface area contributed by atoms with Crippen LogP contribution in [0.25, 0.3) is 0 Å². The lowest BCUT2D eigenvalue weighted by Crippen LogP contribution is -2.59. The van der Waals surface area contributed by atoms with E-state index in [1.54, 1.807) is 12.1 Å². The van der Waals surface area contributed by atoms with Crippen molar-refractivity contribution in [1.29, 1.82) is 0 Å². The Morgan fingerprint density at radius 1 is 1.40 bits per heavy atom. The Hall–Kier alpha value is -1.35. The normalized spacial score (nSPS) is 16.6. The molecule has 15 heavy (non-hydrogen) atoms. The molecule has 1 radical (unpaired) electrons. The molecule has 0 atom stereocenters. The fourth-order valence-corrected chi connectivity index (χ4v) is 1.66. The second kappa shape index (κ2) is 4.03. The number of hydrogen-bond donors (Lipinski definition) is 0. The molecule has 79 valence electrons. The zero-order chi connectivity index (χ0) is 10.8. The Morgan fingerprint density at radius 2 is 2.00 bits per heavy atom. The molecule has 0 saturated carbocycles. The van der Waals surface area contributed by atoms with Crippen molar-refractivity contribution in [3.05, 3.63) is 35.9 Å². The third-order valence-electron chi connectivity index (χ3n) is 2.84. The minimum atomic E-state index is 0.127. The number of hydrogen-bond acceptors (Lipinski definition) is 2. The first-order valence-electron chi connectivity index (χ1n) is 5.10. The maximum absolute atomic E-state index is 11.9. The van der Waals surface area contributed by atoms with Gasteiger partial charge in [0.1, 0.15) is 0 Å². The SMILES string of the molecule is CN(C)C1CN(C(=O)c2cc[c]cc2)C1. The standard InChI is InChI=1S/C12H15N2O/c1-13(2)11-8-14(9-11)12(15)10-6-4-3-5-7-10/h4-7,11H,8-9H2,1-2H3. The third kappa shape index (κ3) is 2.02. The van der Waals surface area contributed by atoms with Gasteiger partial charge in [-0.2, -0.15) is 0 Å². The van der Waals surface area contributed by atoms with E-state index in [0.717, 1.165) is 18.7 Å². The van der Waals surface area contributed by atoms with Gasteiger partial charge in [-0.3, -0.25) is 4.79 Å². The van der Waals surface area contributed by atoms with Gasteiger partial charge in [0.15, 0.2) is 0 Å². The first-order valence-corrected chi connectivity index (χ1v) is 5.10. The van der Waals surface area contributed by atoms with Crippen molar-refractivity contribution in [3.8, 4) is 0 Å². The van der Waals surface area contributed by atoms with Crippen molar-refractivity contribution in [2.75, 3.05) is 27.2 Å². The molecule has 1 aromatic rings. The van der Waals surface area contributed by atoms with Crippen LogP contribution in [-0.2, 0) is 0 Å². The van der Waals surface area contributed by atoms with Crippen LogP contribution in [0.2, 0.25) is 0 Å². The second-order valence-electron chi connectivity index (χ2n) is 4.12. The van der Waals surface area contributed by atoms with Crippen LogP contribution in [0.3, 0.4) is 0 Å². The van der Waals surface area contributed by atoms with Gasteiger partial charge in [-0.15, -0.1) is 0 Å². The van der Waals surface area contributed by atoms with Gasteiger partial charge in [0, 0.05) is 24.7 Å². The van der Waals surface area contributed by atoms with Crippen molar-refractivity contribution >= 4 is 5.91 Å². The van der Waals surface area contributed by atoms with Crippen LogP contribution in [-0.4, -0.2) is 48.9 Å². The summed E-state index contributed by atoms with van der Waals surface area (Å²) in [6.07, 6.45) is 0. The molecular formula is C12H15N2O. The van der Waals surface area contributed by atoms with Crippen molar-refractivity contribution in [2.24, 2.45) is 0 Å². The van der Waals surface area contributed by atoms with Gasteiger partial charge in [-0.25, -0.2) is 0 Å². The van der Waals surface area contributed by atoms with Crippen molar-refractivity contribution in [3.63, 3.8) is 0 Å². The van der Waals surface area contributed by atoms with E-state index in [4.69, 9.17) is 0 Å². The van der Waals surface area contributed by atoms with Crippen LogP contribution >= 0.6 is 0 Å². The molecule has 1 saturated heterocycles. The number of likely N-dealkylation sites (N-methyl/N-ethyl adjacent to an activating group) is 1. The number of nitrogens with zero attached hydrogens (tertiary/aromatic N) is 2. The maximum atomic E-state index is 11.9. The van der Waals surface area contributed by atoms with Gasteiger partial charge in [0.2, 0.25) is 0 Å². The van der Waals surface area contributed by atoms with Gasteiger partial charge in [-0.05, 0) is 32.3 Å². The van der Waals surface area contributed by atoms with E-state index in [0.29, 0.717) is 6.04 Å². The van der Waals surface area contributed by atoms with Crippen LogP contribution in [0.5, 0.6) is 0 Å². The molecule has 1 aromatic carbocycles. The molecule has 0 N–H and O–H groups in total. The summed E-state index contributed by atoms with van der Waals surface area (Å²) < 4.78 is 0. The number of carbonyl (C=O) groups excluding carboxylic acids is 1. The van der Waals surface area contributed by atoms with Gasteiger partial charge in [0.25, 0.3) is 5.91 Å². The number of benzene rings is 1. The Morgan fingerprint density at radius 3 is 2.53 bits per heavy atom. The molecule has 0 unspecified atom stereocenters. The van der Waals surface area contributed by atoms with E-state index in [2.05, 4.69) is 11.0 Å². The van der Waals surface area contributed by atoms with Crippen LogP contribution < -0.4 is 0 Å². The molecule has 0 spiro atoms. The summed E-state index contributed by atoms with van der Waals surface area (Å²) in [5.41, 5.74) is 0.756. The average Bonchev–Trinajstić information content (AvgIpc) is 2.16. The number of amides is 1. The Balaban J connectivity index is 1.95. The molecule has 3 nitrogen and oxygen atoms in total. The molecule has 1 aliphatic heterocycles. The van der Waals surface area contributed by atoms with Crippen molar-refractivity contribution in [1.82, 2.24) is 9.80 Å². The highest BCUT2D eigenvalue weighted by Gasteiger charge is 2.32. The van der Waals surface area contributed by atoms with Crippen LogP contribution in [0.15, 0.2) is 24.3 Å². The first kappa shape index (κ1) is 10.2. The molecule has 0 aromatic heterocycles. The molecule has 1 amide bonds. The van der Waals surface area contributed by atoms with Gasteiger partial charge >= 0.3 is 0 Å². The summed E-state index contributed by atoms with van der Waals surface area (Å²) >= 11 is 0. The summed E-state index contributed by atoms with van der Waals surface area (Å²) in [7, 11) is 4.09. The molecule has 3 heteroatoms. The van der Waals surface area contributed by atoms with Crippen molar-refractivity contribution in [2.45, 2.75) is 6.04 Å². The van der Waals surface area contributed by atoms with Crippen LogP contribution in [0.4, 0.5) is 0 Å². The molecule has 2 rings (SSSR count). The van der Waals surface area contributed by atoms with Crippen LogP contribution in [0, 0.1) is 6.07 Å². The monoisotopic (exact) mass is 203 g/mol. The molecule has 1 heterocycles. The second-order valence-corrected chi connectivity index (χ2v) is 4.12. The quantitative estimate of drug-likeness (QED) is 0.712. The third-order valence-corrected chi connectivity index (χ3v) is 2.84. The van der Waals surface area contributed by atoms with E-state index < -0.39 is 0 Å². The van der Waals surface area contributed by atoms with Gasteiger partial charge in [-0.1, -0.05) is 12.1 Å². The zero-order valence-electron chi connectivity index (χ0n) is 9.10. The minimum absolute atomic E-state index is 0.127. The maximum Gasteiger partial charge on any atom is 0.253 e. The van der Waals surface area contributed by atoms with Gasteiger partial charge < -0.3 is 9.80 Å². The highest BCUT2D eigenvalue weighted by molar-refractivity contribution is 5.94. The van der Waals surface area contributed by atoms with Crippen LogP contribution in [0.1, 0.15) is 10.4 Å². The summed E-state index contributed by atoms with van der Waals surface area (Å²) in [6.45, 7) is 1.68. The Kier molecular flexibility index (Phi) is 2.73.